The van der Waals surface area contributed by atoms with Crippen molar-refractivity contribution in [3.05, 3.63) is 83.9 Å². The van der Waals surface area contributed by atoms with E-state index >= 15 is 0 Å². The number of benzene rings is 3. The molecule has 0 aliphatic rings. The molecule has 0 N–H and O–H groups in total. The largest absolute Gasteiger partial charge is 0.203 e. The molecule has 2 heteroatoms. The van der Waals surface area contributed by atoms with Gasteiger partial charge in [-0.3, -0.25) is 0 Å². The summed E-state index contributed by atoms with van der Waals surface area (Å²) in [5.41, 5.74) is 3.11. The molecule has 3 rings (SSSR count). The molecule has 0 heterocycles. The quantitative estimate of drug-likeness (QED) is 0.567. The maximum absolute atomic E-state index is 14.4. The Morgan fingerprint density at radius 1 is 0.636 bits per heavy atom. The van der Waals surface area contributed by atoms with E-state index in [0.717, 1.165) is 6.42 Å². The van der Waals surface area contributed by atoms with Crippen LogP contribution in [0.3, 0.4) is 0 Å². The summed E-state index contributed by atoms with van der Waals surface area (Å²) in [6.07, 6.45) is 0.921. The van der Waals surface area contributed by atoms with Crippen LogP contribution in [0.15, 0.2) is 66.7 Å². The highest BCUT2D eigenvalue weighted by atomic mass is 19.2. The van der Waals surface area contributed by atoms with Crippen molar-refractivity contribution >= 4 is 0 Å². The van der Waals surface area contributed by atoms with Crippen LogP contribution >= 0.6 is 0 Å². The van der Waals surface area contributed by atoms with E-state index in [9.17, 15) is 8.78 Å². The Labute approximate surface area is 129 Å². The van der Waals surface area contributed by atoms with Crippen LogP contribution in [0, 0.1) is 11.6 Å². The van der Waals surface area contributed by atoms with Gasteiger partial charge >= 0.3 is 0 Å². The lowest BCUT2D eigenvalue weighted by atomic mass is 9.98. The average Bonchev–Trinajstić information content (AvgIpc) is 2.58. The molecule has 0 radical (unpaired) electrons. The molecular weight excluding hydrogens is 278 g/mol. The van der Waals surface area contributed by atoms with Gasteiger partial charge in [0.05, 0.1) is 0 Å². The van der Waals surface area contributed by atoms with Crippen LogP contribution in [0.25, 0.3) is 22.3 Å². The second-order valence-corrected chi connectivity index (χ2v) is 5.21. The molecule has 0 saturated heterocycles. The Balaban J connectivity index is 2.06. The van der Waals surface area contributed by atoms with Crippen molar-refractivity contribution in [2.24, 2.45) is 0 Å². The van der Waals surface area contributed by atoms with E-state index in [0.29, 0.717) is 16.7 Å². The molecule has 22 heavy (non-hydrogen) atoms. The highest BCUT2D eigenvalue weighted by Crippen LogP contribution is 2.31. The minimum absolute atomic E-state index is 0.284. The van der Waals surface area contributed by atoms with Crippen molar-refractivity contribution in [1.82, 2.24) is 0 Å². The summed E-state index contributed by atoms with van der Waals surface area (Å²) in [6, 6.07) is 19.8. The van der Waals surface area contributed by atoms with Crippen LogP contribution in [0.2, 0.25) is 0 Å². The summed E-state index contributed by atoms with van der Waals surface area (Å²) in [7, 11) is 0. The van der Waals surface area contributed by atoms with Crippen LogP contribution < -0.4 is 0 Å². The zero-order valence-electron chi connectivity index (χ0n) is 12.3. The van der Waals surface area contributed by atoms with Gasteiger partial charge in [0, 0.05) is 11.1 Å². The van der Waals surface area contributed by atoms with Gasteiger partial charge in [0.1, 0.15) is 0 Å². The molecule has 0 fully saturated rings. The number of hydrogen-bond donors (Lipinski definition) is 0. The molecule has 0 aliphatic heterocycles. The molecule has 0 saturated carbocycles. The summed E-state index contributed by atoms with van der Waals surface area (Å²) >= 11 is 0. The Bertz CT molecular complexity index is 775. The van der Waals surface area contributed by atoms with Gasteiger partial charge in [-0.2, -0.15) is 0 Å². The first-order chi connectivity index (χ1) is 10.7. The highest BCUT2D eigenvalue weighted by molar-refractivity contribution is 5.71. The monoisotopic (exact) mass is 294 g/mol. The standard InChI is InChI=1S/C20H16F2/c1-2-14-8-10-16(11-9-14)18-13-12-17(19(21)20(18)22)15-6-4-3-5-7-15/h3-13H,2H2,1H3. The maximum Gasteiger partial charge on any atom is 0.167 e. The van der Waals surface area contributed by atoms with Crippen molar-refractivity contribution < 1.29 is 8.78 Å². The minimum Gasteiger partial charge on any atom is -0.203 e. The minimum atomic E-state index is -0.803. The van der Waals surface area contributed by atoms with Gasteiger partial charge in [-0.1, -0.05) is 73.7 Å². The first-order valence-electron chi connectivity index (χ1n) is 7.33. The van der Waals surface area contributed by atoms with Gasteiger partial charge in [0.15, 0.2) is 11.6 Å². The fourth-order valence-electron chi connectivity index (χ4n) is 2.53. The molecule has 0 bridgehead atoms. The molecule has 0 spiro atoms. The Morgan fingerprint density at radius 3 is 1.64 bits per heavy atom. The smallest absolute Gasteiger partial charge is 0.167 e. The SMILES string of the molecule is CCc1ccc(-c2ccc(-c3ccccc3)c(F)c2F)cc1. The van der Waals surface area contributed by atoms with Crippen molar-refractivity contribution in [3.8, 4) is 22.3 Å². The van der Waals surface area contributed by atoms with Crippen molar-refractivity contribution in [3.63, 3.8) is 0 Å². The third-order valence-electron chi connectivity index (χ3n) is 3.84. The first-order valence-corrected chi connectivity index (χ1v) is 7.33. The van der Waals surface area contributed by atoms with Crippen molar-refractivity contribution in [2.75, 3.05) is 0 Å². The second kappa shape index (κ2) is 6.10. The zero-order chi connectivity index (χ0) is 15.5. The number of rotatable bonds is 3. The van der Waals surface area contributed by atoms with Crippen molar-refractivity contribution in [1.29, 1.82) is 0 Å². The molecule has 3 aromatic rings. The molecule has 0 atom stereocenters. The molecule has 110 valence electrons. The third kappa shape index (κ3) is 2.64. The predicted octanol–water partition coefficient (Wildman–Crippen LogP) is 5.86. The fraction of sp³-hybridized carbons (Fsp3) is 0.100. The van der Waals surface area contributed by atoms with Crippen LogP contribution in [-0.4, -0.2) is 0 Å². The maximum atomic E-state index is 14.4. The topological polar surface area (TPSA) is 0 Å². The van der Waals surface area contributed by atoms with Gasteiger partial charge < -0.3 is 0 Å². The van der Waals surface area contributed by atoms with E-state index in [4.69, 9.17) is 0 Å². The number of aryl methyl sites for hydroxylation is 1. The van der Waals surface area contributed by atoms with Crippen LogP contribution in [0.1, 0.15) is 12.5 Å². The summed E-state index contributed by atoms with van der Waals surface area (Å²) in [6.45, 7) is 2.06. The molecule has 3 aromatic carbocycles. The molecule has 0 unspecified atom stereocenters. The van der Waals surface area contributed by atoms with E-state index in [1.807, 2.05) is 42.5 Å². The fourth-order valence-corrected chi connectivity index (χ4v) is 2.53. The van der Waals surface area contributed by atoms with E-state index < -0.39 is 11.6 Å². The molecule has 0 aromatic heterocycles. The summed E-state index contributed by atoms with van der Waals surface area (Å²) in [5.74, 6) is -1.60. The van der Waals surface area contributed by atoms with Gasteiger partial charge in [0.25, 0.3) is 0 Å². The van der Waals surface area contributed by atoms with Crippen LogP contribution in [-0.2, 0) is 6.42 Å². The van der Waals surface area contributed by atoms with E-state index in [1.54, 1.807) is 24.3 Å². The van der Waals surface area contributed by atoms with E-state index in [2.05, 4.69) is 6.92 Å². The highest BCUT2D eigenvalue weighted by Gasteiger charge is 2.15. The summed E-state index contributed by atoms with van der Waals surface area (Å²) < 4.78 is 28.8. The van der Waals surface area contributed by atoms with Gasteiger partial charge in [-0.25, -0.2) is 8.78 Å². The van der Waals surface area contributed by atoms with Gasteiger partial charge in [-0.15, -0.1) is 0 Å². The zero-order valence-corrected chi connectivity index (χ0v) is 12.3. The Morgan fingerprint density at radius 2 is 1.14 bits per heavy atom. The number of halogens is 2. The van der Waals surface area contributed by atoms with Crippen LogP contribution in [0.5, 0.6) is 0 Å². The molecular formula is C20H16F2. The lowest BCUT2D eigenvalue weighted by Gasteiger charge is -2.09. The Hall–Kier alpha value is -2.48. The van der Waals surface area contributed by atoms with Gasteiger partial charge in [0.2, 0.25) is 0 Å². The lowest BCUT2D eigenvalue weighted by molar-refractivity contribution is 0.514. The predicted molar refractivity (Wildman–Crippen MR) is 86.6 cm³/mol. The number of hydrogen-bond acceptors (Lipinski definition) is 0. The van der Waals surface area contributed by atoms with Gasteiger partial charge in [-0.05, 0) is 23.1 Å². The summed E-state index contributed by atoms with van der Waals surface area (Å²) in [5, 5.41) is 0. The van der Waals surface area contributed by atoms with Crippen molar-refractivity contribution in [2.45, 2.75) is 13.3 Å². The molecule has 0 nitrogen and oxygen atoms in total. The van der Waals surface area contributed by atoms with Crippen LogP contribution in [0.4, 0.5) is 8.78 Å². The lowest BCUT2D eigenvalue weighted by Crippen LogP contribution is -1.94. The first kappa shape index (κ1) is 14.5. The average molecular weight is 294 g/mol. The normalized spacial score (nSPS) is 10.7. The third-order valence-corrected chi connectivity index (χ3v) is 3.84. The van der Waals surface area contributed by atoms with E-state index in [-0.39, 0.29) is 5.56 Å². The summed E-state index contributed by atoms with van der Waals surface area (Å²) in [4.78, 5) is 0. The second-order valence-electron chi connectivity index (χ2n) is 5.21. The molecule has 0 amide bonds. The molecule has 0 aliphatic carbocycles. The van der Waals surface area contributed by atoms with E-state index in [1.165, 1.54) is 5.56 Å². The Kier molecular flexibility index (Phi) is 4.01.